The molecule has 1 unspecified atom stereocenters. The number of aliphatic hydroxyl groups excluding tert-OH is 1. The number of aliphatic hydroxyl groups is 1. The molecule has 7 nitrogen and oxygen atoms in total. The molecule has 152 valence electrons. The zero-order valence-electron chi connectivity index (χ0n) is 16.5. The summed E-state index contributed by atoms with van der Waals surface area (Å²) in [5.41, 5.74) is 1.85. The van der Waals surface area contributed by atoms with Crippen molar-refractivity contribution >= 4 is 5.91 Å². The molecular weight excluding hydrogens is 368 g/mol. The number of nitrogens with zero attached hydrogens (tertiary/aromatic N) is 3. The van der Waals surface area contributed by atoms with Crippen LogP contribution in [0.5, 0.6) is 0 Å². The van der Waals surface area contributed by atoms with E-state index in [9.17, 15) is 9.90 Å². The summed E-state index contributed by atoms with van der Waals surface area (Å²) in [6, 6.07) is 11.7. The molecule has 3 atom stereocenters. The third kappa shape index (κ3) is 4.74. The van der Waals surface area contributed by atoms with Gasteiger partial charge in [0.2, 0.25) is 5.91 Å². The lowest BCUT2D eigenvalue weighted by Gasteiger charge is -2.16. The Kier molecular flexibility index (Phi) is 5.76. The van der Waals surface area contributed by atoms with Gasteiger partial charge in [0.1, 0.15) is 11.6 Å². The molecule has 0 radical (unpaired) electrons. The first kappa shape index (κ1) is 19.4. The number of imidazole rings is 1. The number of nitrogens with one attached hydrogen (secondary N) is 1. The van der Waals surface area contributed by atoms with Crippen molar-refractivity contribution in [3.8, 4) is 11.4 Å². The van der Waals surface area contributed by atoms with Gasteiger partial charge in [0.15, 0.2) is 0 Å². The summed E-state index contributed by atoms with van der Waals surface area (Å²) in [5.74, 6) is 1.88. The molecule has 0 aliphatic heterocycles. The molecule has 1 fully saturated rings. The van der Waals surface area contributed by atoms with Crippen LogP contribution in [0.4, 0.5) is 0 Å². The summed E-state index contributed by atoms with van der Waals surface area (Å²) >= 11 is 0. The standard InChI is InChI=1S/C22H26N4O3/c1-15-11-18(25-29-15)7-8-21(28)24-19-12-16(13-20(19)27)14-26-10-9-23-22(26)17-5-3-2-4-6-17/h2-6,9-11,16,19-20,27H,7-8,12-14H2,1H3,(H,24,28)/t16?,19-,20-/m1/s1. The van der Waals surface area contributed by atoms with Gasteiger partial charge in [-0.25, -0.2) is 4.98 Å². The topological polar surface area (TPSA) is 93.2 Å². The molecule has 0 spiro atoms. The average molecular weight is 394 g/mol. The smallest absolute Gasteiger partial charge is 0.220 e. The highest BCUT2D eigenvalue weighted by Crippen LogP contribution is 2.29. The van der Waals surface area contributed by atoms with Gasteiger partial charge in [-0.05, 0) is 25.7 Å². The second-order valence-electron chi connectivity index (χ2n) is 7.78. The van der Waals surface area contributed by atoms with Crippen LogP contribution in [0.15, 0.2) is 53.3 Å². The molecule has 2 N–H and O–H groups in total. The normalized spacial score (nSPS) is 21.4. The van der Waals surface area contributed by atoms with Crippen molar-refractivity contribution < 1.29 is 14.4 Å². The van der Waals surface area contributed by atoms with Crippen molar-refractivity contribution in [2.75, 3.05) is 0 Å². The van der Waals surface area contributed by atoms with Crippen molar-refractivity contribution in [2.24, 2.45) is 5.92 Å². The lowest BCUT2D eigenvalue weighted by molar-refractivity contribution is -0.122. The number of aromatic nitrogens is 3. The van der Waals surface area contributed by atoms with E-state index in [0.29, 0.717) is 19.3 Å². The quantitative estimate of drug-likeness (QED) is 0.643. The van der Waals surface area contributed by atoms with E-state index < -0.39 is 6.10 Å². The van der Waals surface area contributed by atoms with Crippen LogP contribution in [0.25, 0.3) is 11.4 Å². The number of amides is 1. The molecular formula is C22H26N4O3. The molecule has 1 aromatic carbocycles. The largest absolute Gasteiger partial charge is 0.391 e. The molecule has 1 aliphatic rings. The first-order valence-corrected chi connectivity index (χ1v) is 10.0. The number of hydrogen-bond donors (Lipinski definition) is 2. The molecule has 1 saturated carbocycles. The second kappa shape index (κ2) is 8.61. The third-order valence-electron chi connectivity index (χ3n) is 5.46. The highest BCUT2D eigenvalue weighted by molar-refractivity contribution is 5.76. The molecule has 0 bridgehead atoms. The summed E-state index contributed by atoms with van der Waals surface area (Å²) in [4.78, 5) is 16.8. The lowest BCUT2D eigenvalue weighted by atomic mass is 10.1. The Balaban J connectivity index is 1.31. The number of carbonyl (C=O) groups excluding carboxylic acids is 1. The fourth-order valence-corrected chi connectivity index (χ4v) is 4.06. The Morgan fingerprint density at radius 1 is 1.31 bits per heavy atom. The van der Waals surface area contributed by atoms with Crippen LogP contribution in [0.3, 0.4) is 0 Å². The van der Waals surface area contributed by atoms with E-state index in [1.54, 1.807) is 6.20 Å². The molecule has 4 rings (SSSR count). The molecule has 29 heavy (non-hydrogen) atoms. The first-order valence-electron chi connectivity index (χ1n) is 10.0. The van der Waals surface area contributed by atoms with E-state index in [2.05, 4.69) is 20.0 Å². The van der Waals surface area contributed by atoms with Crippen LogP contribution >= 0.6 is 0 Å². The van der Waals surface area contributed by atoms with Gasteiger partial charge >= 0.3 is 0 Å². The lowest BCUT2D eigenvalue weighted by Crippen LogP contribution is -2.40. The van der Waals surface area contributed by atoms with Crippen molar-refractivity contribution in [3.05, 3.63) is 60.2 Å². The highest BCUT2D eigenvalue weighted by atomic mass is 16.5. The van der Waals surface area contributed by atoms with Gasteiger partial charge in [0.25, 0.3) is 0 Å². The van der Waals surface area contributed by atoms with Gasteiger partial charge in [0, 0.05) is 43.4 Å². The second-order valence-corrected chi connectivity index (χ2v) is 7.78. The minimum atomic E-state index is -0.526. The van der Waals surface area contributed by atoms with Crippen molar-refractivity contribution in [1.82, 2.24) is 20.0 Å². The monoisotopic (exact) mass is 394 g/mol. The van der Waals surface area contributed by atoms with Crippen LogP contribution in [-0.2, 0) is 17.8 Å². The zero-order chi connectivity index (χ0) is 20.2. The van der Waals surface area contributed by atoms with Gasteiger partial charge in [0.05, 0.1) is 17.8 Å². The van der Waals surface area contributed by atoms with Gasteiger partial charge in [-0.1, -0.05) is 35.5 Å². The average Bonchev–Trinajstić information content (AvgIpc) is 3.42. The minimum absolute atomic E-state index is 0.0667. The van der Waals surface area contributed by atoms with Crippen molar-refractivity contribution in [3.63, 3.8) is 0 Å². The molecule has 2 heterocycles. The maximum Gasteiger partial charge on any atom is 0.220 e. The summed E-state index contributed by atoms with van der Waals surface area (Å²) in [5, 5.41) is 17.3. The Labute approximate surface area is 169 Å². The fraction of sp³-hybridized carbons (Fsp3) is 0.409. The number of rotatable bonds is 7. The number of benzene rings is 1. The van der Waals surface area contributed by atoms with E-state index in [1.807, 2.05) is 49.5 Å². The summed E-state index contributed by atoms with van der Waals surface area (Å²) < 4.78 is 7.15. The van der Waals surface area contributed by atoms with Crippen molar-refractivity contribution in [1.29, 1.82) is 0 Å². The fourth-order valence-electron chi connectivity index (χ4n) is 4.06. The minimum Gasteiger partial charge on any atom is -0.391 e. The van der Waals surface area contributed by atoms with Crippen molar-refractivity contribution in [2.45, 2.75) is 51.3 Å². The summed E-state index contributed by atoms with van der Waals surface area (Å²) in [6.45, 7) is 2.60. The maximum atomic E-state index is 12.3. The van der Waals surface area contributed by atoms with Crippen LogP contribution in [0.1, 0.15) is 30.7 Å². The predicted molar refractivity (Wildman–Crippen MR) is 108 cm³/mol. The Morgan fingerprint density at radius 3 is 2.90 bits per heavy atom. The Bertz CT molecular complexity index is 950. The van der Waals surface area contributed by atoms with E-state index >= 15 is 0 Å². The van der Waals surface area contributed by atoms with Gasteiger partial charge in [-0.3, -0.25) is 4.79 Å². The third-order valence-corrected chi connectivity index (χ3v) is 5.46. The van der Waals surface area contributed by atoms with E-state index in [-0.39, 0.29) is 17.9 Å². The first-order chi connectivity index (χ1) is 14.1. The summed E-state index contributed by atoms with van der Waals surface area (Å²) in [6.07, 6.45) is 5.54. The summed E-state index contributed by atoms with van der Waals surface area (Å²) in [7, 11) is 0. The van der Waals surface area contributed by atoms with Crippen LogP contribution in [-0.4, -0.2) is 37.9 Å². The SMILES string of the molecule is Cc1cc(CCC(=O)N[C@@H]2CC(Cn3ccnc3-c3ccccc3)C[C@H]2O)no1. The van der Waals surface area contributed by atoms with E-state index in [4.69, 9.17) is 4.52 Å². The molecule has 1 amide bonds. The molecule has 0 saturated heterocycles. The Hall–Kier alpha value is -2.93. The predicted octanol–water partition coefficient (Wildman–Crippen LogP) is 2.74. The molecule has 2 aromatic heterocycles. The van der Waals surface area contributed by atoms with Gasteiger partial charge in [-0.2, -0.15) is 0 Å². The maximum absolute atomic E-state index is 12.3. The van der Waals surface area contributed by atoms with Crippen LogP contribution < -0.4 is 5.32 Å². The van der Waals surface area contributed by atoms with Crippen LogP contribution in [0, 0.1) is 12.8 Å². The molecule has 1 aliphatic carbocycles. The van der Waals surface area contributed by atoms with Crippen LogP contribution in [0.2, 0.25) is 0 Å². The highest BCUT2D eigenvalue weighted by Gasteiger charge is 2.34. The van der Waals surface area contributed by atoms with Gasteiger partial charge < -0.3 is 19.5 Å². The van der Waals surface area contributed by atoms with E-state index in [0.717, 1.165) is 35.8 Å². The zero-order valence-corrected chi connectivity index (χ0v) is 16.5. The number of aryl methyl sites for hydroxylation is 2. The van der Waals surface area contributed by atoms with Gasteiger partial charge in [-0.15, -0.1) is 0 Å². The number of carbonyl (C=O) groups is 1. The molecule has 7 heteroatoms. The number of hydrogen-bond acceptors (Lipinski definition) is 5. The van der Waals surface area contributed by atoms with E-state index in [1.165, 1.54) is 0 Å². The molecule has 3 aromatic rings. The Morgan fingerprint density at radius 2 is 2.14 bits per heavy atom.